The molecule has 33 heavy (non-hydrogen) atoms. The Bertz CT molecular complexity index is 1200. The van der Waals surface area contributed by atoms with Crippen molar-refractivity contribution in [3.63, 3.8) is 0 Å². The van der Waals surface area contributed by atoms with Gasteiger partial charge in [-0.15, -0.1) is 0 Å². The van der Waals surface area contributed by atoms with Gasteiger partial charge in [0.15, 0.2) is 33.6 Å². The zero-order valence-corrected chi connectivity index (χ0v) is 20.1. The number of benzene rings is 1. The maximum absolute atomic E-state index is 10.9. The molecule has 0 atom stereocenters. The third kappa shape index (κ3) is 4.67. The number of hydrogen-bond donors (Lipinski definition) is 3. The zero-order valence-electron chi connectivity index (χ0n) is 17.7. The van der Waals surface area contributed by atoms with Gasteiger partial charge in [-0.1, -0.05) is 11.8 Å². The Morgan fingerprint density at radius 2 is 2.00 bits per heavy atom. The van der Waals surface area contributed by atoms with Crippen LogP contribution in [-0.2, 0) is 6.54 Å². The van der Waals surface area contributed by atoms with Gasteiger partial charge in [-0.25, -0.2) is 19.7 Å². The van der Waals surface area contributed by atoms with Crippen molar-refractivity contribution < 1.29 is 19.4 Å². The Morgan fingerprint density at radius 3 is 2.76 bits per heavy atom. The van der Waals surface area contributed by atoms with Crippen molar-refractivity contribution in [1.29, 1.82) is 0 Å². The van der Waals surface area contributed by atoms with Crippen LogP contribution in [0.15, 0.2) is 33.0 Å². The van der Waals surface area contributed by atoms with Crippen LogP contribution in [-0.4, -0.2) is 43.6 Å². The van der Waals surface area contributed by atoms with Crippen LogP contribution in [0.25, 0.3) is 11.2 Å². The van der Waals surface area contributed by atoms with Crippen molar-refractivity contribution in [3.05, 3.63) is 22.9 Å². The lowest BCUT2D eigenvalue weighted by Gasteiger charge is -2.28. The lowest BCUT2D eigenvalue weighted by atomic mass is 9.84. The van der Waals surface area contributed by atoms with E-state index in [0.29, 0.717) is 34.4 Å². The molecule has 174 valence electrons. The first-order valence-electron chi connectivity index (χ1n) is 10.7. The van der Waals surface area contributed by atoms with Crippen LogP contribution in [0.1, 0.15) is 32.1 Å². The Hall–Kier alpha value is -2.73. The number of ether oxygens (including phenoxy) is 2. The number of carboxylic acid groups (broad SMARTS) is 1. The zero-order chi connectivity index (χ0) is 22.9. The minimum absolute atomic E-state index is 0.0508. The maximum atomic E-state index is 10.9. The van der Waals surface area contributed by atoms with E-state index in [1.807, 2.05) is 12.1 Å². The summed E-state index contributed by atoms with van der Waals surface area (Å²) in [6.45, 7) is 0.948. The van der Waals surface area contributed by atoms with Crippen LogP contribution >= 0.6 is 27.7 Å². The van der Waals surface area contributed by atoms with E-state index in [-0.39, 0.29) is 12.8 Å². The molecular weight excluding hydrogens is 512 g/mol. The summed E-state index contributed by atoms with van der Waals surface area (Å²) in [5.41, 5.74) is 7.39. The third-order valence-corrected chi connectivity index (χ3v) is 8.06. The van der Waals surface area contributed by atoms with Gasteiger partial charge in [0.1, 0.15) is 6.33 Å². The van der Waals surface area contributed by atoms with E-state index >= 15 is 0 Å². The topological polar surface area (TPSA) is 137 Å². The van der Waals surface area contributed by atoms with E-state index < -0.39 is 6.09 Å². The molecule has 5 rings (SSSR count). The Kier molecular flexibility index (Phi) is 6.19. The van der Waals surface area contributed by atoms with Gasteiger partial charge in [0.25, 0.3) is 0 Å². The van der Waals surface area contributed by atoms with Gasteiger partial charge in [0.05, 0.1) is 0 Å². The summed E-state index contributed by atoms with van der Waals surface area (Å²) in [6, 6.07) is 3.89. The van der Waals surface area contributed by atoms with E-state index in [9.17, 15) is 4.79 Å². The number of anilines is 1. The van der Waals surface area contributed by atoms with E-state index in [4.69, 9.17) is 25.3 Å². The fraction of sp³-hybridized carbons (Fsp3) is 0.429. The number of nitrogens with zero attached hydrogens (tertiary/aromatic N) is 4. The number of nitrogens with two attached hydrogens (primary N) is 1. The molecule has 3 heterocycles. The fourth-order valence-electron chi connectivity index (χ4n) is 4.37. The number of carbonyl (C=O) groups is 1. The first-order chi connectivity index (χ1) is 16.0. The normalized spacial score (nSPS) is 19.7. The quantitative estimate of drug-likeness (QED) is 0.423. The van der Waals surface area contributed by atoms with Gasteiger partial charge in [-0.2, -0.15) is 0 Å². The number of amides is 1. The van der Waals surface area contributed by atoms with Crippen molar-refractivity contribution in [3.8, 4) is 11.5 Å². The molecule has 1 saturated carbocycles. The van der Waals surface area contributed by atoms with E-state index in [1.165, 1.54) is 18.1 Å². The number of imidazole rings is 1. The van der Waals surface area contributed by atoms with Crippen molar-refractivity contribution in [2.75, 3.05) is 12.5 Å². The number of nitrogens with one attached hydrogen (secondary N) is 1. The fourth-order valence-corrected chi connectivity index (χ4v) is 5.88. The molecular formula is C21H23BrN6O4S. The molecule has 1 aliphatic carbocycles. The minimum atomic E-state index is -0.947. The van der Waals surface area contributed by atoms with Gasteiger partial charge < -0.3 is 30.2 Å². The highest BCUT2D eigenvalue weighted by Gasteiger charge is 2.24. The average Bonchev–Trinajstić information content (AvgIpc) is 3.38. The molecule has 10 nitrogen and oxygen atoms in total. The van der Waals surface area contributed by atoms with Crippen molar-refractivity contribution in [2.24, 2.45) is 5.92 Å². The first-order valence-corrected chi connectivity index (χ1v) is 12.3. The van der Waals surface area contributed by atoms with Gasteiger partial charge >= 0.3 is 6.09 Å². The molecule has 3 aromatic rings. The molecule has 0 radical (unpaired) electrons. The molecule has 0 saturated heterocycles. The summed E-state index contributed by atoms with van der Waals surface area (Å²) in [5, 5.41) is 12.3. The summed E-state index contributed by atoms with van der Waals surface area (Å²) in [6.07, 6.45) is 5.17. The number of hydrogen-bond acceptors (Lipinski definition) is 8. The molecule has 1 aromatic carbocycles. The molecule has 2 aliphatic rings. The smallest absolute Gasteiger partial charge is 0.404 e. The minimum Gasteiger partial charge on any atom is -0.465 e. The largest absolute Gasteiger partial charge is 0.465 e. The standard InChI is InChI=1S/C21H23BrN6O4S/c22-13-7-14-15(32-10-31-14)8-16(13)33-20-27-17-18(23)24-9-25-19(17)28(20)6-5-11-1-3-12(4-2-11)26-21(29)30/h7-9,11-12,26H,1-6,10H2,(H,29,30)(H2,23,24,25)/t11-,12+. The Balaban J connectivity index is 1.36. The second kappa shape index (κ2) is 9.26. The molecule has 1 fully saturated rings. The molecule has 4 N–H and O–H groups in total. The summed E-state index contributed by atoms with van der Waals surface area (Å²) in [5.74, 6) is 2.28. The van der Waals surface area contributed by atoms with Crippen LogP contribution in [0.3, 0.4) is 0 Å². The monoisotopic (exact) mass is 534 g/mol. The number of aromatic nitrogens is 4. The third-order valence-electron chi connectivity index (χ3n) is 6.09. The lowest BCUT2D eigenvalue weighted by molar-refractivity contribution is 0.174. The summed E-state index contributed by atoms with van der Waals surface area (Å²) in [4.78, 5) is 25.2. The molecule has 1 aliphatic heterocycles. The molecule has 0 unspecified atom stereocenters. The SMILES string of the molecule is Nc1ncnc2c1nc(Sc1cc3c(cc1Br)OCO3)n2CC[C@H]1CC[C@@H](NC(=O)O)CC1. The number of rotatable bonds is 6. The second-order valence-electron chi connectivity index (χ2n) is 8.17. The summed E-state index contributed by atoms with van der Waals surface area (Å²) < 4.78 is 14.0. The van der Waals surface area contributed by atoms with Crippen LogP contribution < -0.4 is 20.5 Å². The molecule has 0 bridgehead atoms. The van der Waals surface area contributed by atoms with Gasteiger partial charge in [-0.3, -0.25) is 0 Å². The van der Waals surface area contributed by atoms with Gasteiger partial charge in [-0.05, 0) is 66.1 Å². The van der Waals surface area contributed by atoms with Crippen LogP contribution in [0.2, 0.25) is 0 Å². The second-order valence-corrected chi connectivity index (χ2v) is 10.0. The molecule has 12 heteroatoms. The van der Waals surface area contributed by atoms with E-state index in [2.05, 4.69) is 35.8 Å². The predicted molar refractivity (Wildman–Crippen MR) is 126 cm³/mol. The van der Waals surface area contributed by atoms with Crippen molar-refractivity contribution >= 4 is 50.8 Å². The summed E-state index contributed by atoms with van der Waals surface area (Å²) >= 11 is 5.13. The Labute approximate surface area is 202 Å². The Morgan fingerprint density at radius 1 is 1.24 bits per heavy atom. The van der Waals surface area contributed by atoms with Crippen LogP contribution in [0.5, 0.6) is 11.5 Å². The molecule has 0 spiro atoms. The van der Waals surface area contributed by atoms with Crippen LogP contribution in [0, 0.1) is 5.92 Å². The average molecular weight is 535 g/mol. The van der Waals surface area contributed by atoms with Crippen LogP contribution in [0.4, 0.5) is 10.6 Å². The molecule has 2 aromatic heterocycles. The predicted octanol–water partition coefficient (Wildman–Crippen LogP) is 4.27. The van der Waals surface area contributed by atoms with Gasteiger partial charge in [0.2, 0.25) is 6.79 Å². The highest BCUT2D eigenvalue weighted by Crippen LogP contribution is 2.43. The van der Waals surface area contributed by atoms with Crippen molar-refractivity contribution in [1.82, 2.24) is 24.8 Å². The van der Waals surface area contributed by atoms with Gasteiger partial charge in [0, 0.05) is 22.0 Å². The number of aryl methyl sites for hydroxylation is 1. The number of halogens is 1. The maximum Gasteiger partial charge on any atom is 0.404 e. The molecule has 1 amide bonds. The first kappa shape index (κ1) is 22.1. The number of fused-ring (bicyclic) bond motifs is 2. The highest BCUT2D eigenvalue weighted by molar-refractivity contribution is 9.10. The number of nitrogen functional groups attached to an aromatic ring is 1. The highest BCUT2D eigenvalue weighted by atomic mass is 79.9. The lowest BCUT2D eigenvalue weighted by Crippen LogP contribution is -2.36. The summed E-state index contributed by atoms with van der Waals surface area (Å²) in [7, 11) is 0. The van der Waals surface area contributed by atoms with E-state index in [0.717, 1.165) is 53.2 Å². The van der Waals surface area contributed by atoms with Crippen molar-refractivity contribution in [2.45, 2.75) is 54.7 Å². The van der Waals surface area contributed by atoms with E-state index in [1.54, 1.807) is 0 Å².